The first-order valence-electron chi connectivity index (χ1n) is 7.07. The second-order valence-electron chi connectivity index (χ2n) is 4.61. The van der Waals surface area contributed by atoms with Crippen molar-refractivity contribution >= 4 is 17.7 Å². The molecule has 15 heavy (non-hydrogen) atoms. The zero-order chi connectivity index (χ0) is 11.4. The Kier molecular flexibility index (Phi) is 13.1. The van der Waals surface area contributed by atoms with Crippen LogP contribution in [0.5, 0.6) is 0 Å². The summed E-state index contributed by atoms with van der Waals surface area (Å²) in [5.41, 5.74) is 0. The Hall–Kier alpha value is 0.557. The summed E-state index contributed by atoms with van der Waals surface area (Å²) < 4.78 is 0. The molecule has 0 atom stereocenters. The van der Waals surface area contributed by atoms with Crippen LogP contribution in [0.15, 0.2) is 0 Å². The maximum atomic E-state index is 2.68. The van der Waals surface area contributed by atoms with E-state index < -0.39 is 0 Å². The molecule has 0 rings (SSSR count). The fourth-order valence-corrected chi connectivity index (χ4v) is 1.89. The zero-order valence-corrected chi connectivity index (χ0v) is 11.2. The van der Waals surface area contributed by atoms with Crippen molar-refractivity contribution < 1.29 is 0 Å². The van der Waals surface area contributed by atoms with Crippen LogP contribution < -0.4 is 0 Å². The Balaban J connectivity index is 3.53. The van der Waals surface area contributed by atoms with E-state index in [1.165, 1.54) is 69.7 Å². The number of nitrogens with zero attached hydrogens (tertiary/aromatic N) is 1. The summed E-state index contributed by atoms with van der Waals surface area (Å²) in [6.45, 7) is 8.56. The summed E-state index contributed by atoms with van der Waals surface area (Å²) in [6, 6.07) is 0. The van der Waals surface area contributed by atoms with Crippen molar-refractivity contribution in [3.8, 4) is 0 Å². The van der Waals surface area contributed by atoms with E-state index in [9.17, 15) is 0 Å². The molecule has 0 N–H and O–H groups in total. The standard InChI is InChI=1S/C13H28N.Li/c1-4-7-9-12-14(11-6-3)13-10-8-5-2;/h3-13H2,1-2H3;. The molecule has 86 valence electrons. The molecule has 0 saturated heterocycles. The Bertz CT molecular complexity index is 107. The molecule has 0 amide bonds. The topological polar surface area (TPSA) is 3.24 Å². The van der Waals surface area contributed by atoms with Gasteiger partial charge in [-0.05, 0) is 0 Å². The van der Waals surface area contributed by atoms with Gasteiger partial charge in [-0.25, -0.2) is 0 Å². The Morgan fingerprint density at radius 2 is 1.20 bits per heavy atom. The summed E-state index contributed by atoms with van der Waals surface area (Å²) in [6.07, 6.45) is 9.65. The predicted molar refractivity (Wildman–Crippen MR) is 70.7 cm³/mol. The first kappa shape index (κ1) is 15.6. The average molecular weight is 205 g/mol. The summed E-state index contributed by atoms with van der Waals surface area (Å²) in [5.74, 6) is 0. The molecule has 0 aromatic heterocycles. The molecule has 1 nitrogen and oxygen atoms in total. The van der Waals surface area contributed by atoms with E-state index in [2.05, 4.69) is 36.5 Å². The normalized spacial score (nSPS) is 11.3. The van der Waals surface area contributed by atoms with E-state index in [4.69, 9.17) is 0 Å². The average Bonchev–Trinajstić information content (AvgIpc) is 2.25. The summed E-state index contributed by atoms with van der Waals surface area (Å²) in [5, 5.41) is 1.33. The summed E-state index contributed by atoms with van der Waals surface area (Å²) >= 11 is 2.29. The number of rotatable bonds is 11. The Morgan fingerprint density at radius 3 is 1.60 bits per heavy atom. The van der Waals surface area contributed by atoms with Gasteiger partial charge in [0.1, 0.15) is 0 Å². The van der Waals surface area contributed by atoms with Gasteiger partial charge in [-0.15, -0.1) is 0 Å². The molecular formula is C13H28LiN. The van der Waals surface area contributed by atoms with Gasteiger partial charge in [-0.2, -0.15) is 0 Å². The third-order valence-electron chi connectivity index (χ3n) is 2.98. The fourth-order valence-electron chi connectivity index (χ4n) is 1.89. The van der Waals surface area contributed by atoms with Crippen molar-refractivity contribution in [2.45, 2.75) is 63.9 Å². The quantitative estimate of drug-likeness (QED) is 0.367. The molecule has 0 aromatic rings. The Morgan fingerprint density at radius 1 is 0.733 bits per heavy atom. The van der Waals surface area contributed by atoms with Crippen LogP contribution in [0.1, 0.15) is 58.8 Å². The number of unbranched alkanes of at least 4 members (excludes halogenated alkanes) is 4. The number of hydrogen-bond acceptors (Lipinski definition) is 1. The van der Waals surface area contributed by atoms with E-state index in [-0.39, 0.29) is 0 Å². The molecule has 0 bridgehead atoms. The number of hydrogen-bond donors (Lipinski definition) is 0. The maximum absolute atomic E-state index is 2.68. The molecule has 0 unspecified atom stereocenters. The summed E-state index contributed by atoms with van der Waals surface area (Å²) in [7, 11) is 0. The van der Waals surface area contributed by atoms with Gasteiger partial charge in [0.2, 0.25) is 0 Å². The van der Waals surface area contributed by atoms with Crippen LogP contribution in [0.4, 0.5) is 0 Å². The van der Waals surface area contributed by atoms with Crippen molar-refractivity contribution in [3.05, 3.63) is 0 Å². The first-order chi connectivity index (χ1) is 7.35. The van der Waals surface area contributed by atoms with E-state index in [0.717, 1.165) is 0 Å². The summed E-state index contributed by atoms with van der Waals surface area (Å²) in [4.78, 5) is 2.68. The second kappa shape index (κ2) is 12.6. The van der Waals surface area contributed by atoms with Gasteiger partial charge < -0.3 is 0 Å². The molecule has 0 radical (unpaired) electrons. The molecule has 2 heteroatoms. The van der Waals surface area contributed by atoms with E-state index in [1.54, 1.807) is 0 Å². The molecule has 0 aliphatic carbocycles. The molecule has 0 saturated carbocycles. The minimum absolute atomic E-state index is 1.32. The molecule has 0 spiro atoms. The zero-order valence-electron chi connectivity index (χ0n) is 11.2. The van der Waals surface area contributed by atoms with Crippen LogP contribution >= 0.6 is 0 Å². The molecule has 0 aromatic carbocycles. The van der Waals surface area contributed by atoms with Crippen molar-refractivity contribution in [2.24, 2.45) is 0 Å². The van der Waals surface area contributed by atoms with E-state index in [1.807, 2.05) is 0 Å². The minimum atomic E-state index is 1.32. The third kappa shape index (κ3) is 10.8. The first-order valence-corrected chi connectivity index (χ1v) is 7.07. The van der Waals surface area contributed by atoms with Crippen LogP contribution in [-0.2, 0) is 0 Å². The SMILES string of the molecule is [Li][CH2]CCN(CCCCC)CCCCC. The van der Waals surface area contributed by atoms with Crippen molar-refractivity contribution in [2.75, 3.05) is 19.6 Å². The fraction of sp³-hybridized carbons (Fsp3) is 1.00. The van der Waals surface area contributed by atoms with Crippen LogP contribution in [-0.4, -0.2) is 42.2 Å². The van der Waals surface area contributed by atoms with Crippen LogP contribution in [0.2, 0.25) is 5.09 Å². The van der Waals surface area contributed by atoms with E-state index in [0.29, 0.717) is 0 Å². The van der Waals surface area contributed by atoms with Gasteiger partial charge in [-0.3, -0.25) is 0 Å². The van der Waals surface area contributed by atoms with Crippen molar-refractivity contribution in [1.82, 2.24) is 4.90 Å². The van der Waals surface area contributed by atoms with Gasteiger partial charge in [0.25, 0.3) is 0 Å². The van der Waals surface area contributed by atoms with Crippen LogP contribution in [0.3, 0.4) is 0 Å². The van der Waals surface area contributed by atoms with E-state index >= 15 is 0 Å². The van der Waals surface area contributed by atoms with Crippen LogP contribution in [0, 0.1) is 0 Å². The molecule has 0 aliphatic rings. The van der Waals surface area contributed by atoms with Crippen molar-refractivity contribution in [3.63, 3.8) is 0 Å². The van der Waals surface area contributed by atoms with Gasteiger partial charge in [0.05, 0.1) is 0 Å². The molecule has 0 fully saturated rings. The monoisotopic (exact) mass is 205 g/mol. The molecule has 0 aliphatic heterocycles. The molecule has 0 heterocycles. The van der Waals surface area contributed by atoms with Gasteiger partial charge in [-0.1, -0.05) is 0 Å². The second-order valence-corrected chi connectivity index (χ2v) is 4.61. The van der Waals surface area contributed by atoms with Gasteiger partial charge >= 0.3 is 106 Å². The van der Waals surface area contributed by atoms with Gasteiger partial charge in [0.15, 0.2) is 0 Å². The molecular weight excluding hydrogens is 177 g/mol. The predicted octanol–water partition coefficient (Wildman–Crippen LogP) is 3.65. The van der Waals surface area contributed by atoms with Crippen LogP contribution in [0.25, 0.3) is 0 Å². The Labute approximate surface area is 106 Å². The third-order valence-corrected chi connectivity index (χ3v) is 2.98. The van der Waals surface area contributed by atoms with Gasteiger partial charge in [0, 0.05) is 0 Å². The van der Waals surface area contributed by atoms with Crippen molar-refractivity contribution in [1.29, 1.82) is 0 Å².